The lowest BCUT2D eigenvalue weighted by molar-refractivity contribution is 0.247. The molecule has 0 fully saturated rings. The highest BCUT2D eigenvalue weighted by atomic mass is 32.2. The third-order valence-electron chi connectivity index (χ3n) is 10.8. The van der Waals surface area contributed by atoms with E-state index in [-0.39, 0.29) is 9.79 Å². The van der Waals surface area contributed by atoms with Gasteiger partial charge >= 0.3 is 0 Å². The van der Waals surface area contributed by atoms with Crippen LogP contribution in [-0.2, 0) is 32.9 Å². The topological polar surface area (TPSA) is 184 Å². The fourth-order valence-corrected chi connectivity index (χ4v) is 9.31. The summed E-state index contributed by atoms with van der Waals surface area (Å²) >= 11 is 0. The zero-order valence-corrected chi connectivity index (χ0v) is 38.0. The first kappa shape index (κ1) is 51.7. The zero-order chi connectivity index (χ0) is 42.9. The summed E-state index contributed by atoms with van der Waals surface area (Å²) in [6.07, 6.45) is 33.2. The van der Waals surface area contributed by atoms with Crippen LogP contribution in [0.25, 0.3) is 20.9 Å². The van der Waals surface area contributed by atoms with Crippen LogP contribution in [0.4, 0.5) is 0 Å². The minimum absolute atomic E-state index is 0.00504. The SMILES string of the molecule is CCCCCCCCCCCCCCCc1cc(OCCCOc2ccc(S(=O)(=O)N=[N+]=[N-])c(CCCCCCCCCCCCCCC)c2)ccc1S(=O)(=O)N=[N+]=[N-]. The van der Waals surface area contributed by atoms with Crippen molar-refractivity contribution in [2.24, 2.45) is 9.04 Å². The molecule has 2 aromatic rings. The van der Waals surface area contributed by atoms with Crippen molar-refractivity contribution in [3.05, 3.63) is 68.4 Å². The van der Waals surface area contributed by atoms with Gasteiger partial charge in [0.05, 0.1) is 23.0 Å². The summed E-state index contributed by atoms with van der Waals surface area (Å²) in [7, 11) is -8.30. The Morgan fingerprint density at radius 2 is 0.729 bits per heavy atom. The molecule has 0 aliphatic heterocycles. The summed E-state index contributed by atoms with van der Waals surface area (Å²) in [6.45, 7) is 5.09. The van der Waals surface area contributed by atoms with Gasteiger partial charge in [0.15, 0.2) is 0 Å². The maximum atomic E-state index is 12.7. The lowest BCUT2D eigenvalue weighted by Gasteiger charge is -2.13. The minimum Gasteiger partial charge on any atom is -0.493 e. The highest BCUT2D eigenvalue weighted by Gasteiger charge is 2.19. The van der Waals surface area contributed by atoms with Gasteiger partial charge in [-0.15, -0.1) is 0 Å². The van der Waals surface area contributed by atoms with Crippen molar-refractivity contribution in [2.45, 2.75) is 210 Å². The Bertz CT molecular complexity index is 1630. The molecule has 0 aliphatic rings. The van der Waals surface area contributed by atoms with Gasteiger partial charge in [-0.05, 0) is 84.3 Å². The first-order valence-electron chi connectivity index (χ1n) is 22.8. The molecule has 2 rings (SSSR count). The Balaban J connectivity index is 1.84. The molecule has 59 heavy (non-hydrogen) atoms. The summed E-state index contributed by atoms with van der Waals surface area (Å²) in [5.41, 5.74) is 18.9. The van der Waals surface area contributed by atoms with Crippen molar-refractivity contribution in [1.82, 2.24) is 0 Å². The van der Waals surface area contributed by atoms with Gasteiger partial charge in [0.2, 0.25) is 0 Å². The number of aryl methyl sites for hydroxylation is 2. The second kappa shape index (κ2) is 32.3. The average molecular weight is 859 g/mol. The van der Waals surface area contributed by atoms with Crippen LogP contribution < -0.4 is 9.47 Å². The van der Waals surface area contributed by atoms with Gasteiger partial charge in [-0.1, -0.05) is 168 Å². The summed E-state index contributed by atoms with van der Waals surface area (Å²) < 4.78 is 68.9. The lowest BCUT2D eigenvalue weighted by Crippen LogP contribution is -2.07. The third kappa shape index (κ3) is 23.2. The number of hydrogen-bond donors (Lipinski definition) is 0. The molecule has 0 aromatic heterocycles. The smallest absolute Gasteiger partial charge is 0.264 e. The molecular formula is C45H74N6O6S2. The van der Waals surface area contributed by atoms with Gasteiger partial charge in [-0.3, -0.25) is 0 Å². The number of ether oxygens (including phenoxy) is 2. The summed E-state index contributed by atoms with van der Waals surface area (Å²) in [5, 5.41) is 0. The van der Waals surface area contributed by atoms with Gasteiger partial charge < -0.3 is 9.47 Å². The Kier molecular flexibility index (Phi) is 28.3. The minimum atomic E-state index is -4.15. The van der Waals surface area contributed by atoms with Crippen molar-refractivity contribution in [3.8, 4) is 11.5 Å². The van der Waals surface area contributed by atoms with Crippen LogP contribution in [0.5, 0.6) is 11.5 Å². The van der Waals surface area contributed by atoms with E-state index in [1.165, 1.54) is 141 Å². The van der Waals surface area contributed by atoms with E-state index in [9.17, 15) is 16.8 Å². The molecule has 12 nitrogen and oxygen atoms in total. The molecule has 0 saturated heterocycles. The molecule has 332 valence electrons. The number of hydrogen-bond acceptors (Lipinski definition) is 6. The van der Waals surface area contributed by atoms with Crippen molar-refractivity contribution in [2.75, 3.05) is 13.2 Å². The highest BCUT2D eigenvalue weighted by Crippen LogP contribution is 2.28. The van der Waals surface area contributed by atoms with Crippen LogP contribution >= 0.6 is 0 Å². The van der Waals surface area contributed by atoms with Crippen molar-refractivity contribution >= 4 is 20.0 Å². The van der Waals surface area contributed by atoms with Crippen LogP contribution in [0, 0.1) is 0 Å². The summed E-state index contributed by atoms with van der Waals surface area (Å²) in [4.78, 5) is 5.07. The van der Waals surface area contributed by atoms with E-state index in [4.69, 9.17) is 20.5 Å². The molecule has 14 heteroatoms. The monoisotopic (exact) mass is 859 g/mol. The highest BCUT2D eigenvalue weighted by molar-refractivity contribution is 7.90. The van der Waals surface area contributed by atoms with E-state index in [1.54, 1.807) is 24.3 Å². The fraction of sp³-hybridized carbons (Fsp3) is 0.733. The largest absolute Gasteiger partial charge is 0.493 e. The van der Waals surface area contributed by atoms with E-state index in [0.717, 1.165) is 38.5 Å². The number of benzene rings is 2. The molecule has 0 spiro atoms. The maximum absolute atomic E-state index is 12.7. The van der Waals surface area contributed by atoms with Crippen molar-refractivity contribution in [3.63, 3.8) is 0 Å². The van der Waals surface area contributed by atoms with Crippen LogP contribution in [0.15, 0.2) is 55.2 Å². The van der Waals surface area contributed by atoms with E-state index in [1.807, 2.05) is 0 Å². The zero-order valence-electron chi connectivity index (χ0n) is 36.3. The van der Waals surface area contributed by atoms with Crippen LogP contribution in [-0.4, -0.2) is 30.0 Å². The number of azide groups is 2. The van der Waals surface area contributed by atoms with Crippen molar-refractivity contribution < 1.29 is 26.3 Å². The molecule has 2 aromatic carbocycles. The Labute approximate surface area is 357 Å². The molecule has 0 N–H and O–H groups in total. The molecule has 0 aliphatic carbocycles. The molecule has 0 radical (unpaired) electrons. The lowest BCUT2D eigenvalue weighted by atomic mass is 10.0. The predicted octanol–water partition coefficient (Wildman–Crippen LogP) is 14.8. The summed E-state index contributed by atoms with van der Waals surface area (Å²) in [5.74, 6) is 1.03. The first-order chi connectivity index (χ1) is 28.7. The van der Waals surface area contributed by atoms with Gasteiger partial charge in [0, 0.05) is 25.3 Å². The molecule has 0 saturated carbocycles. The molecular weight excluding hydrogens is 785 g/mol. The Morgan fingerprint density at radius 3 is 1.02 bits per heavy atom. The second-order valence-corrected chi connectivity index (χ2v) is 19.0. The van der Waals surface area contributed by atoms with E-state index in [2.05, 4.69) is 32.7 Å². The van der Waals surface area contributed by atoms with Crippen LogP contribution in [0.1, 0.15) is 198 Å². The number of sulfonamides is 2. The second-order valence-electron chi connectivity index (χ2n) is 15.9. The molecule has 0 amide bonds. The van der Waals surface area contributed by atoms with Gasteiger partial charge in [-0.25, -0.2) is 16.8 Å². The standard InChI is InChI=1S/C45H74N6O6S2/c1-3-5-7-9-11-13-15-17-19-21-23-25-27-30-40-38-42(32-34-44(40)58(52,53)50-48-46)56-36-29-37-57-43-33-35-45(59(54,55)51-49-47)41(39-43)31-28-26-24-22-20-18-16-14-12-10-8-6-4-2/h32-35,38-39H,3-31,36-37H2,1-2H3. The van der Waals surface area contributed by atoms with Gasteiger partial charge in [0.25, 0.3) is 20.0 Å². The van der Waals surface area contributed by atoms with Crippen LogP contribution in [0.2, 0.25) is 0 Å². The van der Waals surface area contributed by atoms with Crippen molar-refractivity contribution in [1.29, 1.82) is 0 Å². The molecule has 0 heterocycles. The Morgan fingerprint density at radius 1 is 0.441 bits per heavy atom. The third-order valence-corrected chi connectivity index (χ3v) is 13.3. The molecule has 0 bridgehead atoms. The average Bonchev–Trinajstić information content (AvgIpc) is 3.21. The van der Waals surface area contributed by atoms with E-state index >= 15 is 0 Å². The Hall–Kier alpha value is -3.44. The quantitative estimate of drug-likeness (QED) is 0.0280. The normalized spacial score (nSPS) is 11.6. The van der Waals surface area contributed by atoms with E-state index < -0.39 is 20.0 Å². The fourth-order valence-electron chi connectivity index (χ4n) is 7.47. The molecule has 0 atom stereocenters. The number of unbranched alkanes of at least 4 members (excludes halogenated alkanes) is 24. The molecule has 0 unspecified atom stereocenters. The van der Waals surface area contributed by atoms with Crippen LogP contribution in [0.3, 0.4) is 0 Å². The van der Waals surface area contributed by atoms with Gasteiger partial charge in [-0.2, -0.15) is 0 Å². The first-order valence-corrected chi connectivity index (χ1v) is 25.7. The van der Waals surface area contributed by atoms with E-state index in [0.29, 0.717) is 55.1 Å². The van der Waals surface area contributed by atoms with Gasteiger partial charge in [0.1, 0.15) is 11.5 Å². The number of rotatable bonds is 38. The predicted molar refractivity (Wildman–Crippen MR) is 240 cm³/mol. The summed E-state index contributed by atoms with van der Waals surface area (Å²) in [6, 6.07) is 9.45. The maximum Gasteiger partial charge on any atom is 0.264 e. The number of nitrogens with zero attached hydrogens (tertiary/aromatic N) is 6.